The van der Waals surface area contributed by atoms with E-state index in [0.29, 0.717) is 13.1 Å². The Morgan fingerprint density at radius 2 is 1.92 bits per heavy atom. The number of hydrogen-bond acceptors (Lipinski definition) is 3. The van der Waals surface area contributed by atoms with Crippen molar-refractivity contribution < 1.29 is 9.53 Å². The van der Waals surface area contributed by atoms with Crippen molar-refractivity contribution in [3.8, 4) is 5.75 Å². The molecule has 1 aliphatic heterocycles. The highest BCUT2D eigenvalue weighted by Gasteiger charge is 2.17. The number of carbonyl (C=O) groups excluding carboxylic acids is 1. The molecule has 0 aromatic heterocycles. The number of benzene rings is 2. The molecular weight excluding hydrogens is 314 g/mol. The summed E-state index contributed by atoms with van der Waals surface area (Å²) in [5.41, 5.74) is 3.72. The van der Waals surface area contributed by atoms with E-state index in [-0.39, 0.29) is 6.03 Å². The van der Waals surface area contributed by atoms with E-state index in [2.05, 4.69) is 39.8 Å². The van der Waals surface area contributed by atoms with E-state index < -0.39 is 0 Å². The van der Waals surface area contributed by atoms with Crippen LogP contribution in [0.3, 0.4) is 0 Å². The van der Waals surface area contributed by atoms with E-state index in [1.54, 1.807) is 7.11 Å². The summed E-state index contributed by atoms with van der Waals surface area (Å²) in [7, 11) is 1.63. The summed E-state index contributed by atoms with van der Waals surface area (Å²) in [6.45, 7) is 3.15. The minimum Gasteiger partial charge on any atom is -0.496 e. The van der Waals surface area contributed by atoms with Crippen LogP contribution in [0.2, 0.25) is 0 Å². The van der Waals surface area contributed by atoms with E-state index in [1.807, 2.05) is 24.3 Å². The number of fused-ring (bicyclic) bond motifs is 1. The molecule has 132 valence electrons. The Bertz CT molecular complexity index is 718. The molecule has 0 unspecified atom stereocenters. The third kappa shape index (κ3) is 4.44. The van der Waals surface area contributed by atoms with Gasteiger partial charge in [0.05, 0.1) is 7.11 Å². The third-order valence-electron chi connectivity index (χ3n) is 4.51. The largest absolute Gasteiger partial charge is 0.496 e. The van der Waals surface area contributed by atoms with Gasteiger partial charge in [-0.05, 0) is 30.5 Å². The Kier molecular flexibility index (Phi) is 5.77. The molecule has 2 aromatic rings. The predicted molar refractivity (Wildman–Crippen MR) is 100 cm³/mol. The topological polar surface area (TPSA) is 53.6 Å². The fraction of sp³-hybridized carbons (Fsp3) is 0.350. The Labute approximate surface area is 149 Å². The van der Waals surface area contributed by atoms with Crippen LogP contribution in [0, 0.1) is 0 Å². The van der Waals surface area contributed by atoms with Crippen LogP contribution in [-0.4, -0.2) is 32.8 Å². The maximum atomic E-state index is 11.9. The van der Waals surface area contributed by atoms with Gasteiger partial charge in [-0.3, -0.25) is 0 Å². The van der Waals surface area contributed by atoms with Crippen LogP contribution in [0.4, 0.5) is 10.5 Å². The van der Waals surface area contributed by atoms with Crippen molar-refractivity contribution in [1.29, 1.82) is 0 Å². The van der Waals surface area contributed by atoms with Crippen molar-refractivity contribution in [1.82, 2.24) is 10.6 Å². The molecule has 1 heterocycles. The van der Waals surface area contributed by atoms with E-state index in [4.69, 9.17) is 4.74 Å². The number of methoxy groups -OCH3 is 1. The number of para-hydroxylation sites is 2. The molecule has 0 radical (unpaired) electrons. The number of ether oxygens (including phenoxy) is 1. The molecule has 0 bridgehead atoms. The summed E-state index contributed by atoms with van der Waals surface area (Å²) in [6.07, 6.45) is 2.04. The average molecular weight is 339 g/mol. The molecule has 0 spiro atoms. The van der Waals surface area contributed by atoms with Gasteiger partial charge in [-0.15, -0.1) is 0 Å². The molecule has 0 saturated heterocycles. The van der Waals surface area contributed by atoms with Gasteiger partial charge in [0.25, 0.3) is 0 Å². The van der Waals surface area contributed by atoms with Gasteiger partial charge in [0, 0.05) is 37.4 Å². The van der Waals surface area contributed by atoms with E-state index in [9.17, 15) is 4.79 Å². The van der Waals surface area contributed by atoms with E-state index >= 15 is 0 Å². The first-order chi connectivity index (χ1) is 12.3. The Balaban J connectivity index is 1.36. The molecule has 2 amide bonds. The number of nitrogens with zero attached hydrogens (tertiary/aromatic N) is 1. The number of hydrogen-bond donors (Lipinski definition) is 2. The molecule has 2 aromatic carbocycles. The number of carbonyl (C=O) groups is 1. The zero-order valence-corrected chi connectivity index (χ0v) is 14.6. The minimum absolute atomic E-state index is 0.146. The summed E-state index contributed by atoms with van der Waals surface area (Å²) in [4.78, 5) is 14.3. The van der Waals surface area contributed by atoms with Crippen molar-refractivity contribution in [2.75, 3.05) is 31.6 Å². The lowest BCUT2D eigenvalue weighted by Gasteiger charge is -2.19. The van der Waals surface area contributed by atoms with Gasteiger partial charge >= 0.3 is 6.03 Å². The highest BCUT2D eigenvalue weighted by Crippen LogP contribution is 2.27. The van der Waals surface area contributed by atoms with Gasteiger partial charge in [0.1, 0.15) is 5.75 Å². The van der Waals surface area contributed by atoms with Gasteiger partial charge in [-0.2, -0.15) is 0 Å². The fourth-order valence-electron chi connectivity index (χ4n) is 3.20. The second-order valence-electron chi connectivity index (χ2n) is 6.14. The highest BCUT2D eigenvalue weighted by atomic mass is 16.5. The summed E-state index contributed by atoms with van der Waals surface area (Å²) in [5, 5.41) is 5.79. The first-order valence-electron chi connectivity index (χ1n) is 8.74. The zero-order valence-electron chi connectivity index (χ0n) is 14.6. The summed E-state index contributed by atoms with van der Waals surface area (Å²) >= 11 is 0. The SMILES string of the molecule is COc1ccccc1CNC(=O)NCCCN1CCc2ccccc21. The lowest BCUT2D eigenvalue weighted by molar-refractivity contribution is 0.240. The lowest BCUT2D eigenvalue weighted by atomic mass is 10.2. The zero-order chi connectivity index (χ0) is 17.5. The molecule has 1 aliphatic rings. The Morgan fingerprint density at radius 3 is 2.80 bits per heavy atom. The number of nitrogens with one attached hydrogen (secondary N) is 2. The second-order valence-corrected chi connectivity index (χ2v) is 6.14. The molecule has 0 aliphatic carbocycles. The van der Waals surface area contributed by atoms with Crippen molar-refractivity contribution >= 4 is 11.7 Å². The van der Waals surface area contributed by atoms with Crippen LogP contribution in [0.5, 0.6) is 5.75 Å². The summed E-state index contributed by atoms with van der Waals surface area (Å²) in [6, 6.07) is 16.1. The van der Waals surface area contributed by atoms with Gasteiger partial charge in [-0.25, -0.2) is 4.79 Å². The normalized spacial score (nSPS) is 12.6. The molecule has 0 fully saturated rings. The average Bonchev–Trinajstić information content (AvgIpc) is 3.07. The van der Waals surface area contributed by atoms with Crippen molar-refractivity contribution in [3.05, 3.63) is 59.7 Å². The van der Waals surface area contributed by atoms with Gasteiger partial charge in [0.15, 0.2) is 0 Å². The van der Waals surface area contributed by atoms with Crippen LogP contribution in [0.25, 0.3) is 0 Å². The molecule has 0 atom stereocenters. The van der Waals surface area contributed by atoms with Crippen LogP contribution in [0.15, 0.2) is 48.5 Å². The number of amides is 2. The number of urea groups is 1. The molecule has 2 N–H and O–H groups in total. The van der Waals surface area contributed by atoms with Gasteiger partial charge in [0.2, 0.25) is 0 Å². The quantitative estimate of drug-likeness (QED) is 0.763. The first kappa shape index (κ1) is 17.1. The molecular formula is C20H25N3O2. The van der Waals surface area contributed by atoms with E-state index in [1.165, 1.54) is 11.3 Å². The van der Waals surface area contributed by atoms with Crippen molar-refractivity contribution in [2.45, 2.75) is 19.4 Å². The lowest BCUT2D eigenvalue weighted by Crippen LogP contribution is -2.36. The molecule has 0 saturated carbocycles. The minimum atomic E-state index is -0.146. The van der Waals surface area contributed by atoms with Gasteiger partial charge in [-0.1, -0.05) is 36.4 Å². The fourth-order valence-corrected chi connectivity index (χ4v) is 3.20. The molecule has 5 nitrogen and oxygen atoms in total. The van der Waals surface area contributed by atoms with Crippen molar-refractivity contribution in [3.63, 3.8) is 0 Å². The van der Waals surface area contributed by atoms with E-state index in [0.717, 1.165) is 37.2 Å². The van der Waals surface area contributed by atoms with Crippen LogP contribution in [0.1, 0.15) is 17.5 Å². The number of rotatable bonds is 7. The van der Waals surface area contributed by atoms with Crippen LogP contribution in [-0.2, 0) is 13.0 Å². The summed E-state index contributed by atoms with van der Waals surface area (Å²) in [5.74, 6) is 0.787. The van der Waals surface area contributed by atoms with Crippen molar-refractivity contribution in [2.24, 2.45) is 0 Å². The number of anilines is 1. The van der Waals surface area contributed by atoms with Crippen LogP contribution >= 0.6 is 0 Å². The second kappa shape index (κ2) is 8.42. The molecule has 3 rings (SSSR count). The standard InChI is InChI=1S/C20H25N3O2/c1-25-19-10-5-3-8-17(19)15-22-20(24)21-12-6-13-23-14-11-16-7-2-4-9-18(16)23/h2-5,7-10H,6,11-15H2,1H3,(H2,21,22,24). The Morgan fingerprint density at radius 1 is 1.12 bits per heavy atom. The van der Waals surface area contributed by atoms with Crippen LogP contribution < -0.4 is 20.3 Å². The monoisotopic (exact) mass is 339 g/mol. The molecule has 25 heavy (non-hydrogen) atoms. The Hall–Kier alpha value is -2.69. The smallest absolute Gasteiger partial charge is 0.315 e. The maximum absolute atomic E-state index is 11.9. The summed E-state index contributed by atoms with van der Waals surface area (Å²) < 4.78 is 5.28. The first-order valence-corrected chi connectivity index (χ1v) is 8.74. The molecule has 5 heteroatoms. The predicted octanol–water partition coefficient (Wildman–Crippen LogP) is 2.95. The highest BCUT2D eigenvalue weighted by molar-refractivity contribution is 5.73. The van der Waals surface area contributed by atoms with Gasteiger partial charge < -0.3 is 20.3 Å². The third-order valence-corrected chi connectivity index (χ3v) is 4.51. The maximum Gasteiger partial charge on any atom is 0.315 e.